The first-order valence-electron chi connectivity index (χ1n) is 8.73. The summed E-state index contributed by atoms with van der Waals surface area (Å²) >= 11 is 0. The Bertz CT molecular complexity index is 520. The van der Waals surface area contributed by atoms with Gasteiger partial charge < -0.3 is 4.79 Å². The summed E-state index contributed by atoms with van der Waals surface area (Å²) in [6.45, 7) is 9.22. The highest BCUT2D eigenvalue weighted by atomic mass is 16.1. The van der Waals surface area contributed by atoms with E-state index in [1.54, 1.807) is 16.7 Å². The molecule has 3 aliphatic rings. The summed E-state index contributed by atoms with van der Waals surface area (Å²) in [6, 6.07) is 0. The maximum absolute atomic E-state index is 11.8. The van der Waals surface area contributed by atoms with Crippen LogP contribution in [-0.2, 0) is 4.79 Å². The van der Waals surface area contributed by atoms with Crippen LogP contribution in [0, 0.1) is 16.7 Å². The first-order valence-corrected chi connectivity index (χ1v) is 8.73. The van der Waals surface area contributed by atoms with E-state index in [0.717, 1.165) is 6.42 Å². The van der Waals surface area contributed by atoms with Crippen molar-refractivity contribution in [2.24, 2.45) is 16.7 Å². The monoisotopic (exact) mass is 286 g/mol. The maximum Gasteiger partial charge on any atom is 0.126 e. The molecule has 0 spiro atoms. The van der Waals surface area contributed by atoms with Crippen molar-refractivity contribution < 1.29 is 4.79 Å². The van der Waals surface area contributed by atoms with Gasteiger partial charge in [-0.2, -0.15) is 0 Å². The van der Waals surface area contributed by atoms with Crippen LogP contribution in [0.2, 0.25) is 0 Å². The van der Waals surface area contributed by atoms with E-state index in [9.17, 15) is 4.79 Å². The van der Waals surface area contributed by atoms with Crippen LogP contribution in [0.4, 0.5) is 0 Å². The number of hydrogen-bond donors (Lipinski definition) is 0. The Morgan fingerprint density at radius 2 is 1.90 bits per heavy atom. The van der Waals surface area contributed by atoms with Crippen LogP contribution >= 0.6 is 0 Å². The largest absolute Gasteiger partial charge is 0.303 e. The second-order valence-corrected chi connectivity index (χ2v) is 8.35. The van der Waals surface area contributed by atoms with Crippen molar-refractivity contribution in [1.82, 2.24) is 0 Å². The summed E-state index contributed by atoms with van der Waals surface area (Å²) < 4.78 is 0. The summed E-state index contributed by atoms with van der Waals surface area (Å²) in [5.74, 6) is 0.572. The molecule has 0 unspecified atom stereocenters. The van der Waals surface area contributed by atoms with Crippen molar-refractivity contribution in [2.45, 2.75) is 79.1 Å². The Hall–Kier alpha value is -0.850. The molecule has 0 aromatic rings. The van der Waals surface area contributed by atoms with E-state index >= 15 is 0 Å². The summed E-state index contributed by atoms with van der Waals surface area (Å²) in [6.07, 6.45) is 11.1. The summed E-state index contributed by atoms with van der Waals surface area (Å²) in [7, 11) is 0. The minimum atomic E-state index is -0.0810. The van der Waals surface area contributed by atoms with Gasteiger partial charge in [0.05, 0.1) is 0 Å². The zero-order chi connectivity index (χ0) is 15.3. The molecule has 21 heavy (non-hydrogen) atoms. The highest BCUT2D eigenvalue weighted by Gasteiger charge is 2.52. The van der Waals surface area contributed by atoms with Crippen LogP contribution in [0.5, 0.6) is 0 Å². The molecule has 0 heterocycles. The molecule has 0 N–H and O–H groups in total. The molecule has 0 aromatic heterocycles. The molecule has 116 valence electrons. The second kappa shape index (κ2) is 5.11. The molecule has 0 saturated heterocycles. The van der Waals surface area contributed by atoms with Crippen molar-refractivity contribution in [3.8, 4) is 0 Å². The molecule has 0 aliphatic heterocycles. The predicted molar refractivity (Wildman–Crippen MR) is 88.1 cm³/mol. The molecule has 1 saturated carbocycles. The van der Waals surface area contributed by atoms with E-state index in [0.29, 0.717) is 11.3 Å². The lowest BCUT2D eigenvalue weighted by molar-refractivity contribution is -0.125. The van der Waals surface area contributed by atoms with Gasteiger partial charge in [-0.25, -0.2) is 0 Å². The number of fused-ring (bicyclic) bond motifs is 2. The van der Waals surface area contributed by atoms with Gasteiger partial charge in [0.2, 0.25) is 0 Å². The van der Waals surface area contributed by atoms with Crippen LogP contribution < -0.4 is 0 Å². The number of allylic oxidation sites excluding steroid dienone is 4. The summed E-state index contributed by atoms with van der Waals surface area (Å²) in [5.41, 5.74) is 6.89. The standard InChI is InChI=1S/C20H30O/c1-14(2)15-6-8-17-16(12-15)7-9-18-19(3,13-21)10-5-11-20(17,18)4/h13,18H,5-12H2,1-4H3/t18-,19+,20-/m1/s1. The fraction of sp³-hybridized carbons (Fsp3) is 0.750. The fourth-order valence-corrected chi connectivity index (χ4v) is 5.64. The van der Waals surface area contributed by atoms with E-state index in [1.807, 2.05) is 0 Å². The van der Waals surface area contributed by atoms with Gasteiger partial charge in [-0.1, -0.05) is 42.6 Å². The summed E-state index contributed by atoms with van der Waals surface area (Å²) in [4.78, 5) is 11.8. The molecule has 3 atom stereocenters. The molecule has 0 aromatic carbocycles. The number of aldehydes is 1. The van der Waals surface area contributed by atoms with Gasteiger partial charge in [0.25, 0.3) is 0 Å². The SMILES string of the molecule is CC(C)=C1CCC2=C(CC[C@@H]3[C@](C)(C=O)CCC[C@]23C)C1. The van der Waals surface area contributed by atoms with Crippen LogP contribution in [0.25, 0.3) is 0 Å². The van der Waals surface area contributed by atoms with E-state index in [1.165, 1.54) is 56.8 Å². The average molecular weight is 286 g/mol. The lowest BCUT2D eigenvalue weighted by Gasteiger charge is -2.55. The average Bonchev–Trinajstić information content (AvgIpc) is 2.46. The third-order valence-electron chi connectivity index (χ3n) is 6.91. The Morgan fingerprint density at radius 1 is 1.14 bits per heavy atom. The Kier molecular flexibility index (Phi) is 3.66. The highest BCUT2D eigenvalue weighted by Crippen LogP contribution is 2.61. The molecular formula is C20H30O. The van der Waals surface area contributed by atoms with Crippen molar-refractivity contribution in [1.29, 1.82) is 0 Å². The van der Waals surface area contributed by atoms with Crippen molar-refractivity contribution in [2.75, 3.05) is 0 Å². The summed E-state index contributed by atoms with van der Waals surface area (Å²) in [5, 5.41) is 0. The molecule has 0 amide bonds. The van der Waals surface area contributed by atoms with E-state index < -0.39 is 0 Å². The first-order chi connectivity index (χ1) is 9.90. The Labute approximate surface area is 129 Å². The van der Waals surface area contributed by atoms with Gasteiger partial charge in [-0.3, -0.25) is 0 Å². The Morgan fingerprint density at radius 3 is 2.57 bits per heavy atom. The van der Waals surface area contributed by atoms with E-state index in [4.69, 9.17) is 0 Å². The highest BCUT2D eigenvalue weighted by molar-refractivity contribution is 5.60. The molecular weight excluding hydrogens is 256 g/mol. The van der Waals surface area contributed by atoms with Gasteiger partial charge >= 0.3 is 0 Å². The van der Waals surface area contributed by atoms with Gasteiger partial charge in [-0.15, -0.1) is 0 Å². The molecule has 1 nitrogen and oxygen atoms in total. The number of rotatable bonds is 1. The van der Waals surface area contributed by atoms with Crippen LogP contribution in [0.3, 0.4) is 0 Å². The van der Waals surface area contributed by atoms with E-state index in [2.05, 4.69) is 27.7 Å². The van der Waals surface area contributed by atoms with Crippen LogP contribution in [-0.4, -0.2) is 6.29 Å². The fourth-order valence-electron chi connectivity index (χ4n) is 5.64. The van der Waals surface area contributed by atoms with Gasteiger partial charge in [0, 0.05) is 5.41 Å². The normalized spacial score (nSPS) is 39.6. The lowest BCUT2D eigenvalue weighted by atomic mass is 9.48. The van der Waals surface area contributed by atoms with Gasteiger partial charge in [-0.05, 0) is 70.1 Å². The van der Waals surface area contributed by atoms with Gasteiger partial charge in [0.1, 0.15) is 6.29 Å². The van der Waals surface area contributed by atoms with Crippen molar-refractivity contribution >= 4 is 6.29 Å². The van der Waals surface area contributed by atoms with E-state index in [-0.39, 0.29) is 5.41 Å². The minimum Gasteiger partial charge on any atom is -0.303 e. The minimum absolute atomic E-state index is 0.0810. The number of carbonyl (C=O) groups excluding carboxylic acids is 1. The smallest absolute Gasteiger partial charge is 0.126 e. The van der Waals surface area contributed by atoms with Crippen LogP contribution in [0.1, 0.15) is 79.1 Å². The van der Waals surface area contributed by atoms with Crippen molar-refractivity contribution in [3.05, 3.63) is 22.3 Å². The zero-order valence-electron chi connectivity index (χ0n) is 14.2. The first kappa shape index (κ1) is 15.1. The quantitative estimate of drug-likeness (QED) is 0.452. The number of carbonyl (C=O) groups is 1. The second-order valence-electron chi connectivity index (χ2n) is 8.35. The topological polar surface area (TPSA) is 17.1 Å². The molecule has 0 radical (unpaired) electrons. The molecule has 3 rings (SSSR count). The third kappa shape index (κ3) is 2.24. The number of hydrogen-bond acceptors (Lipinski definition) is 1. The lowest BCUT2D eigenvalue weighted by Crippen LogP contribution is -2.48. The van der Waals surface area contributed by atoms with Crippen molar-refractivity contribution in [3.63, 3.8) is 0 Å². The molecule has 1 heteroatoms. The van der Waals surface area contributed by atoms with Crippen LogP contribution in [0.15, 0.2) is 22.3 Å². The zero-order valence-corrected chi connectivity index (χ0v) is 14.2. The molecule has 0 bridgehead atoms. The van der Waals surface area contributed by atoms with Gasteiger partial charge in [0.15, 0.2) is 0 Å². The predicted octanol–water partition coefficient (Wildman–Crippen LogP) is 5.61. The third-order valence-corrected chi connectivity index (χ3v) is 6.91. The molecule has 1 fully saturated rings. The maximum atomic E-state index is 11.8. The Balaban J connectivity index is 2.00. The molecule has 3 aliphatic carbocycles.